The third kappa shape index (κ3) is 3.19. The maximum Gasteiger partial charge on any atom is 0.339 e. The standard InChI is InChI=1S/C14H20N2O4S/c1-16(9-10-4-3-5-10)21(18,19)13-8-11(15)6-7-12(13)14(17)20-2/h6-8,10H,3-5,9,15H2,1-2H3. The van der Waals surface area contributed by atoms with E-state index in [1.54, 1.807) is 0 Å². The molecule has 0 spiro atoms. The first-order chi connectivity index (χ1) is 9.86. The molecule has 116 valence electrons. The number of hydrogen-bond acceptors (Lipinski definition) is 5. The molecule has 0 amide bonds. The first kappa shape index (κ1) is 15.8. The van der Waals surface area contributed by atoms with Gasteiger partial charge in [0.15, 0.2) is 0 Å². The predicted molar refractivity (Wildman–Crippen MR) is 79.4 cm³/mol. The molecule has 0 atom stereocenters. The van der Waals surface area contributed by atoms with Gasteiger partial charge in [-0.15, -0.1) is 0 Å². The third-order valence-electron chi connectivity index (χ3n) is 3.84. The first-order valence-corrected chi connectivity index (χ1v) is 8.24. The highest BCUT2D eigenvalue weighted by atomic mass is 32.2. The molecule has 0 heterocycles. The van der Waals surface area contributed by atoms with Crippen molar-refractivity contribution in [3.05, 3.63) is 23.8 Å². The molecule has 0 unspecified atom stereocenters. The van der Waals surface area contributed by atoms with Crippen molar-refractivity contribution in [1.29, 1.82) is 0 Å². The fourth-order valence-corrected chi connectivity index (χ4v) is 3.79. The van der Waals surface area contributed by atoms with E-state index in [0.717, 1.165) is 19.3 Å². The molecule has 21 heavy (non-hydrogen) atoms. The lowest BCUT2D eigenvalue weighted by Crippen LogP contribution is -2.35. The Labute approximate surface area is 124 Å². The lowest BCUT2D eigenvalue weighted by Gasteiger charge is -2.30. The number of rotatable bonds is 5. The summed E-state index contributed by atoms with van der Waals surface area (Å²) in [6, 6.07) is 4.17. The van der Waals surface area contributed by atoms with E-state index in [1.165, 1.54) is 36.7 Å². The summed E-state index contributed by atoms with van der Waals surface area (Å²) in [4.78, 5) is 11.7. The van der Waals surface area contributed by atoms with Crippen molar-refractivity contribution < 1.29 is 17.9 Å². The minimum absolute atomic E-state index is 0.00663. The van der Waals surface area contributed by atoms with Crippen LogP contribution in [0.4, 0.5) is 5.69 Å². The fraction of sp³-hybridized carbons (Fsp3) is 0.500. The number of sulfonamides is 1. The van der Waals surface area contributed by atoms with E-state index in [-0.39, 0.29) is 10.5 Å². The van der Waals surface area contributed by atoms with Crippen molar-refractivity contribution in [2.24, 2.45) is 5.92 Å². The summed E-state index contributed by atoms with van der Waals surface area (Å²) in [7, 11) is -1.02. The maximum atomic E-state index is 12.7. The van der Waals surface area contributed by atoms with Gasteiger partial charge in [0.2, 0.25) is 10.0 Å². The number of carbonyl (C=O) groups excluding carboxylic acids is 1. The van der Waals surface area contributed by atoms with E-state index in [0.29, 0.717) is 18.2 Å². The molecule has 0 aliphatic heterocycles. The van der Waals surface area contributed by atoms with Crippen molar-refractivity contribution in [2.45, 2.75) is 24.2 Å². The lowest BCUT2D eigenvalue weighted by molar-refractivity contribution is 0.0596. The largest absolute Gasteiger partial charge is 0.465 e. The maximum absolute atomic E-state index is 12.7. The molecule has 1 aromatic carbocycles. The Morgan fingerprint density at radius 2 is 2.10 bits per heavy atom. The van der Waals surface area contributed by atoms with Crippen LogP contribution >= 0.6 is 0 Å². The highest BCUT2D eigenvalue weighted by molar-refractivity contribution is 7.89. The summed E-state index contributed by atoms with van der Waals surface area (Å²) in [5, 5.41) is 0. The molecule has 7 heteroatoms. The van der Waals surface area contributed by atoms with E-state index in [9.17, 15) is 13.2 Å². The first-order valence-electron chi connectivity index (χ1n) is 6.80. The van der Waals surface area contributed by atoms with E-state index < -0.39 is 16.0 Å². The van der Waals surface area contributed by atoms with Crippen LogP contribution in [-0.4, -0.2) is 39.4 Å². The minimum Gasteiger partial charge on any atom is -0.465 e. The highest BCUT2D eigenvalue weighted by Crippen LogP contribution is 2.29. The van der Waals surface area contributed by atoms with Gasteiger partial charge in [-0.1, -0.05) is 6.42 Å². The van der Waals surface area contributed by atoms with Crippen molar-refractivity contribution in [3.63, 3.8) is 0 Å². The van der Waals surface area contributed by atoms with Crippen molar-refractivity contribution in [1.82, 2.24) is 4.31 Å². The second-order valence-electron chi connectivity index (χ2n) is 5.33. The molecular formula is C14H20N2O4S. The molecule has 6 nitrogen and oxygen atoms in total. The van der Waals surface area contributed by atoms with Gasteiger partial charge in [-0.05, 0) is 37.0 Å². The van der Waals surface area contributed by atoms with Crippen LogP contribution in [0.15, 0.2) is 23.1 Å². The quantitative estimate of drug-likeness (QED) is 0.657. The third-order valence-corrected chi connectivity index (χ3v) is 5.70. The molecule has 2 N–H and O–H groups in total. The molecule has 0 radical (unpaired) electrons. The van der Waals surface area contributed by atoms with Gasteiger partial charge < -0.3 is 10.5 Å². The number of carbonyl (C=O) groups is 1. The lowest BCUT2D eigenvalue weighted by atomic mass is 9.86. The number of nitrogens with two attached hydrogens (primary N) is 1. The van der Waals surface area contributed by atoms with Gasteiger partial charge >= 0.3 is 5.97 Å². The molecular weight excluding hydrogens is 292 g/mol. The minimum atomic E-state index is -3.77. The fourth-order valence-electron chi connectivity index (χ4n) is 2.34. The molecule has 1 aliphatic carbocycles. The van der Waals surface area contributed by atoms with Crippen LogP contribution in [0.25, 0.3) is 0 Å². The Balaban J connectivity index is 2.37. The van der Waals surface area contributed by atoms with E-state index in [1.807, 2.05) is 0 Å². The molecule has 1 saturated carbocycles. The number of nitrogen functional groups attached to an aromatic ring is 1. The van der Waals surface area contributed by atoms with Crippen LogP contribution < -0.4 is 5.73 Å². The van der Waals surface area contributed by atoms with Gasteiger partial charge in [-0.25, -0.2) is 17.5 Å². The van der Waals surface area contributed by atoms with Crippen molar-refractivity contribution >= 4 is 21.7 Å². The number of methoxy groups -OCH3 is 1. The van der Waals surface area contributed by atoms with Crippen LogP contribution in [0.2, 0.25) is 0 Å². The van der Waals surface area contributed by atoms with E-state index >= 15 is 0 Å². The molecule has 2 rings (SSSR count). The number of ether oxygens (including phenoxy) is 1. The van der Waals surface area contributed by atoms with Crippen molar-refractivity contribution in [3.8, 4) is 0 Å². The van der Waals surface area contributed by atoms with E-state index in [4.69, 9.17) is 5.73 Å². The number of anilines is 1. The summed E-state index contributed by atoms with van der Waals surface area (Å²) in [5.41, 5.74) is 5.97. The van der Waals surface area contributed by atoms with Crippen LogP contribution in [0.3, 0.4) is 0 Å². The summed E-state index contributed by atoms with van der Waals surface area (Å²) in [6.45, 7) is 0.456. The molecule has 1 aliphatic rings. The monoisotopic (exact) mass is 312 g/mol. The summed E-state index contributed by atoms with van der Waals surface area (Å²) in [5.74, 6) is -0.293. The van der Waals surface area contributed by atoms with Gasteiger partial charge in [0, 0.05) is 19.3 Å². The Morgan fingerprint density at radius 3 is 2.62 bits per heavy atom. The number of esters is 1. The summed E-state index contributed by atoms with van der Waals surface area (Å²) >= 11 is 0. The zero-order valence-corrected chi connectivity index (χ0v) is 13.0. The zero-order chi connectivity index (χ0) is 15.6. The Hall–Kier alpha value is -1.60. The zero-order valence-electron chi connectivity index (χ0n) is 12.2. The SMILES string of the molecule is COC(=O)c1ccc(N)cc1S(=O)(=O)N(C)CC1CCC1. The molecule has 0 bridgehead atoms. The number of benzene rings is 1. The van der Waals surface area contributed by atoms with Crippen LogP contribution in [0.1, 0.15) is 29.6 Å². The van der Waals surface area contributed by atoms with Crippen molar-refractivity contribution in [2.75, 3.05) is 26.4 Å². The van der Waals surface area contributed by atoms with E-state index in [2.05, 4.69) is 4.74 Å². The second-order valence-corrected chi connectivity index (χ2v) is 7.34. The highest BCUT2D eigenvalue weighted by Gasteiger charge is 2.30. The number of hydrogen-bond donors (Lipinski definition) is 1. The average Bonchev–Trinajstić information content (AvgIpc) is 2.41. The molecule has 1 fully saturated rings. The van der Waals surface area contributed by atoms with Gasteiger partial charge in [-0.3, -0.25) is 0 Å². The van der Waals surface area contributed by atoms with Gasteiger partial charge in [-0.2, -0.15) is 0 Å². The topological polar surface area (TPSA) is 89.7 Å². The smallest absolute Gasteiger partial charge is 0.339 e. The van der Waals surface area contributed by atoms with Gasteiger partial charge in [0.25, 0.3) is 0 Å². The molecule has 1 aromatic rings. The van der Waals surface area contributed by atoms with Crippen LogP contribution in [0, 0.1) is 5.92 Å². The van der Waals surface area contributed by atoms with Gasteiger partial charge in [0.1, 0.15) is 0 Å². The predicted octanol–water partition coefficient (Wildman–Crippen LogP) is 1.48. The number of nitrogens with zero attached hydrogens (tertiary/aromatic N) is 1. The molecule has 0 aromatic heterocycles. The summed E-state index contributed by atoms with van der Waals surface area (Å²) in [6.07, 6.45) is 3.23. The second kappa shape index (κ2) is 6.03. The normalized spacial score (nSPS) is 15.8. The molecule has 0 saturated heterocycles. The summed E-state index contributed by atoms with van der Waals surface area (Å²) < 4.78 is 31.3. The van der Waals surface area contributed by atoms with Crippen LogP contribution in [0.5, 0.6) is 0 Å². The Bertz CT molecular complexity index is 638. The Morgan fingerprint density at radius 1 is 1.43 bits per heavy atom. The average molecular weight is 312 g/mol. The Kier molecular flexibility index (Phi) is 4.53. The van der Waals surface area contributed by atoms with Gasteiger partial charge in [0.05, 0.1) is 17.6 Å². The van der Waals surface area contributed by atoms with Crippen LogP contribution in [-0.2, 0) is 14.8 Å².